The number of rotatable bonds is 2. The van der Waals surface area contributed by atoms with E-state index in [4.69, 9.17) is 0 Å². The zero-order valence-electron chi connectivity index (χ0n) is 9.65. The molecule has 0 N–H and O–H groups in total. The van der Waals surface area contributed by atoms with Crippen LogP contribution in [0, 0.1) is 5.41 Å². The number of esters is 1. The fourth-order valence-electron chi connectivity index (χ4n) is 2.10. The molecule has 4 nitrogen and oxygen atoms in total. The van der Waals surface area contributed by atoms with Crippen molar-refractivity contribution in [3.8, 4) is 0 Å². The van der Waals surface area contributed by atoms with Crippen LogP contribution < -0.4 is 0 Å². The average molecular weight is 232 g/mol. The predicted octanol–water partition coefficient (Wildman–Crippen LogP) is 1.64. The number of carbonyl (C=O) groups excluding carboxylic acids is 3. The molecular weight excluding hydrogens is 220 g/mol. The van der Waals surface area contributed by atoms with Gasteiger partial charge in [0.1, 0.15) is 5.41 Å². The number of ether oxygens (including phenoxy) is 1. The minimum absolute atomic E-state index is 0.212. The Labute approximate surface area is 98.6 Å². The van der Waals surface area contributed by atoms with E-state index in [1.54, 1.807) is 24.3 Å². The van der Waals surface area contributed by atoms with Crippen LogP contribution in [0.3, 0.4) is 0 Å². The van der Waals surface area contributed by atoms with Crippen LogP contribution in [-0.2, 0) is 9.53 Å². The van der Waals surface area contributed by atoms with Gasteiger partial charge in [0.2, 0.25) is 0 Å². The van der Waals surface area contributed by atoms with Crippen molar-refractivity contribution in [2.24, 2.45) is 5.41 Å². The Balaban J connectivity index is 2.45. The predicted molar refractivity (Wildman–Crippen MR) is 59.8 cm³/mol. The van der Waals surface area contributed by atoms with Crippen LogP contribution in [0.1, 0.15) is 34.1 Å². The van der Waals surface area contributed by atoms with E-state index in [2.05, 4.69) is 4.74 Å². The van der Waals surface area contributed by atoms with Crippen LogP contribution in [0.2, 0.25) is 0 Å². The lowest BCUT2D eigenvalue weighted by Crippen LogP contribution is -2.33. The molecule has 1 aliphatic carbocycles. The third-order valence-corrected chi connectivity index (χ3v) is 3.14. The summed E-state index contributed by atoms with van der Waals surface area (Å²) in [5.74, 6) is -1.16. The maximum absolute atomic E-state index is 12.2. The number of ketones is 2. The Bertz CT molecular complexity index is 481. The van der Waals surface area contributed by atoms with Gasteiger partial charge < -0.3 is 4.74 Å². The zero-order valence-corrected chi connectivity index (χ0v) is 9.65. The fourth-order valence-corrected chi connectivity index (χ4v) is 2.10. The van der Waals surface area contributed by atoms with Crippen LogP contribution in [0.15, 0.2) is 24.3 Å². The first-order valence-corrected chi connectivity index (χ1v) is 5.26. The van der Waals surface area contributed by atoms with Gasteiger partial charge in [-0.3, -0.25) is 14.4 Å². The fraction of sp³-hybridized carbons (Fsp3) is 0.308. The van der Waals surface area contributed by atoms with Gasteiger partial charge in [0.05, 0.1) is 13.5 Å². The number of Topliss-reactive ketones (excluding diaryl/α,β-unsaturated/α-hetero) is 2. The van der Waals surface area contributed by atoms with Gasteiger partial charge in [-0.25, -0.2) is 0 Å². The summed E-state index contributed by atoms with van der Waals surface area (Å²) >= 11 is 0. The van der Waals surface area contributed by atoms with Crippen molar-refractivity contribution in [3.63, 3.8) is 0 Å². The van der Waals surface area contributed by atoms with Crippen molar-refractivity contribution < 1.29 is 19.1 Å². The van der Waals surface area contributed by atoms with Crippen molar-refractivity contribution in [1.29, 1.82) is 0 Å². The van der Waals surface area contributed by atoms with Crippen molar-refractivity contribution >= 4 is 17.5 Å². The molecule has 4 heteroatoms. The number of hydrogen-bond donors (Lipinski definition) is 0. The number of benzene rings is 1. The summed E-state index contributed by atoms with van der Waals surface area (Å²) in [7, 11) is 1.24. The zero-order chi connectivity index (χ0) is 12.6. The van der Waals surface area contributed by atoms with E-state index < -0.39 is 11.4 Å². The summed E-state index contributed by atoms with van der Waals surface area (Å²) in [6.45, 7) is 1.49. The van der Waals surface area contributed by atoms with Gasteiger partial charge >= 0.3 is 5.97 Å². The number of methoxy groups -OCH3 is 1. The molecule has 0 spiro atoms. The van der Waals surface area contributed by atoms with E-state index in [1.165, 1.54) is 14.0 Å². The Hall–Kier alpha value is -1.97. The first-order valence-electron chi connectivity index (χ1n) is 5.26. The highest BCUT2D eigenvalue weighted by Crippen LogP contribution is 2.39. The normalized spacial score (nSPS) is 16.8. The summed E-state index contributed by atoms with van der Waals surface area (Å²) < 4.78 is 4.53. The molecule has 0 saturated carbocycles. The molecule has 0 bridgehead atoms. The molecule has 0 atom stereocenters. The maximum Gasteiger partial charge on any atom is 0.307 e. The molecular formula is C13H12O4. The molecule has 0 radical (unpaired) electrons. The monoisotopic (exact) mass is 232 g/mol. The highest BCUT2D eigenvalue weighted by atomic mass is 16.5. The third kappa shape index (κ3) is 1.56. The summed E-state index contributed by atoms with van der Waals surface area (Å²) in [5.41, 5.74) is -0.524. The van der Waals surface area contributed by atoms with Crippen molar-refractivity contribution in [2.45, 2.75) is 13.3 Å². The summed E-state index contributed by atoms with van der Waals surface area (Å²) in [5, 5.41) is 0. The Morgan fingerprint density at radius 3 is 2.06 bits per heavy atom. The molecule has 0 aromatic heterocycles. The molecule has 1 aromatic rings. The minimum atomic E-state index is -1.31. The molecule has 1 aliphatic rings. The van der Waals surface area contributed by atoms with Gasteiger partial charge in [0, 0.05) is 11.1 Å². The lowest BCUT2D eigenvalue weighted by Gasteiger charge is -2.18. The topological polar surface area (TPSA) is 60.4 Å². The van der Waals surface area contributed by atoms with Crippen LogP contribution in [-0.4, -0.2) is 24.6 Å². The second-order valence-electron chi connectivity index (χ2n) is 4.29. The summed E-state index contributed by atoms with van der Waals surface area (Å²) in [6.07, 6.45) is -0.212. The van der Waals surface area contributed by atoms with E-state index in [0.29, 0.717) is 11.1 Å². The summed E-state index contributed by atoms with van der Waals surface area (Å²) in [6, 6.07) is 6.62. The van der Waals surface area contributed by atoms with Gasteiger partial charge in [0.25, 0.3) is 0 Å². The number of fused-ring (bicyclic) bond motifs is 1. The smallest absolute Gasteiger partial charge is 0.307 e. The number of carbonyl (C=O) groups is 3. The Morgan fingerprint density at radius 1 is 1.18 bits per heavy atom. The molecule has 17 heavy (non-hydrogen) atoms. The number of hydrogen-bond acceptors (Lipinski definition) is 4. The van der Waals surface area contributed by atoms with E-state index in [-0.39, 0.29) is 18.0 Å². The highest BCUT2D eigenvalue weighted by molar-refractivity contribution is 6.30. The highest BCUT2D eigenvalue weighted by Gasteiger charge is 2.50. The van der Waals surface area contributed by atoms with Gasteiger partial charge in [-0.05, 0) is 6.92 Å². The van der Waals surface area contributed by atoms with Crippen molar-refractivity contribution in [2.75, 3.05) is 7.11 Å². The molecule has 88 valence electrons. The minimum Gasteiger partial charge on any atom is -0.469 e. The standard InChI is InChI=1S/C13H12O4/c1-13(7-10(14)17-2)11(15)8-5-3-4-6-9(8)12(13)16/h3-6H,7H2,1-2H3. The van der Waals surface area contributed by atoms with Gasteiger partial charge in [-0.1, -0.05) is 24.3 Å². The molecule has 0 amide bonds. The first kappa shape index (κ1) is 11.5. The van der Waals surface area contributed by atoms with E-state index in [0.717, 1.165) is 0 Å². The van der Waals surface area contributed by atoms with E-state index >= 15 is 0 Å². The van der Waals surface area contributed by atoms with Crippen LogP contribution in [0.25, 0.3) is 0 Å². The Morgan fingerprint density at radius 2 is 1.65 bits per heavy atom. The maximum atomic E-state index is 12.2. The quantitative estimate of drug-likeness (QED) is 0.574. The Kier molecular flexibility index (Phi) is 2.58. The van der Waals surface area contributed by atoms with E-state index in [1.807, 2.05) is 0 Å². The summed E-state index contributed by atoms with van der Waals surface area (Å²) in [4.78, 5) is 35.6. The van der Waals surface area contributed by atoms with Gasteiger partial charge in [0.15, 0.2) is 11.6 Å². The van der Waals surface area contributed by atoms with Crippen molar-refractivity contribution in [3.05, 3.63) is 35.4 Å². The largest absolute Gasteiger partial charge is 0.469 e. The lowest BCUT2D eigenvalue weighted by atomic mass is 9.82. The molecule has 2 rings (SSSR count). The first-order chi connectivity index (χ1) is 8.00. The van der Waals surface area contributed by atoms with E-state index in [9.17, 15) is 14.4 Å². The average Bonchev–Trinajstić information content (AvgIpc) is 2.53. The molecule has 0 heterocycles. The molecule has 0 saturated heterocycles. The lowest BCUT2D eigenvalue weighted by molar-refractivity contribution is -0.142. The second-order valence-corrected chi connectivity index (χ2v) is 4.29. The molecule has 0 unspecified atom stereocenters. The van der Waals surface area contributed by atoms with Gasteiger partial charge in [-0.15, -0.1) is 0 Å². The SMILES string of the molecule is COC(=O)CC1(C)C(=O)c2ccccc2C1=O. The third-order valence-electron chi connectivity index (χ3n) is 3.14. The van der Waals surface area contributed by atoms with Gasteiger partial charge in [-0.2, -0.15) is 0 Å². The molecule has 0 aliphatic heterocycles. The molecule has 1 aromatic carbocycles. The molecule has 0 fully saturated rings. The van der Waals surface area contributed by atoms with Crippen LogP contribution in [0.5, 0.6) is 0 Å². The second kappa shape index (κ2) is 3.80. The van der Waals surface area contributed by atoms with Crippen LogP contribution >= 0.6 is 0 Å². The van der Waals surface area contributed by atoms with Crippen molar-refractivity contribution in [1.82, 2.24) is 0 Å². The van der Waals surface area contributed by atoms with Crippen LogP contribution in [0.4, 0.5) is 0 Å².